The normalized spacial score (nSPS) is 17.2. The number of thiophene rings is 1. The molecule has 2 rings (SSSR count). The quantitative estimate of drug-likeness (QED) is 0.812. The van der Waals surface area contributed by atoms with Crippen molar-refractivity contribution in [1.29, 1.82) is 0 Å². The molecule has 0 amide bonds. The highest BCUT2D eigenvalue weighted by molar-refractivity contribution is 7.12. The van der Waals surface area contributed by atoms with Gasteiger partial charge in [-0.3, -0.25) is 4.79 Å². The first-order chi connectivity index (χ1) is 8.24. The van der Waals surface area contributed by atoms with Gasteiger partial charge in [0.1, 0.15) is 0 Å². The molecule has 0 atom stereocenters. The lowest BCUT2D eigenvalue weighted by atomic mass is 10.3. The van der Waals surface area contributed by atoms with E-state index in [-0.39, 0.29) is 6.42 Å². The van der Waals surface area contributed by atoms with E-state index in [1.165, 1.54) is 0 Å². The predicted molar refractivity (Wildman–Crippen MR) is 64.9 cm³/mol. The maximum absolute atomic E-state index is 10.6. The fourth-order valence-corrected chi connectivity index (χ4v) is 2.61. The fourth-order valence-electron chi connectivity index (χ4n) is 1.67. The van der Waals surface area contributed by atoms with Gasteiger partial charge in [-0.15, -0.1) is 11.3 Å². The third-order valence-electron chi connectivity index (χ3n) is 2.53. The van der Waals surface area contributed by atoms with Gasteiger partial charge in [-0.2, -0.15) is 0 Å². The highest BCUT2D eigenvalue weighted by Crippen LogP contribution is 2.17. The third-order valence-corrected chi connectivity index (χ3v) is 3.62. The number of hydrazine groups is 1. The van der Waals surface area contributed by atoms with Crippen LogP contribution in [0.5, 0.6) is 0 Å². The second-order valence-electron chi connectivity index (χ2n) is 3.87. The van der Waals surface area contributed by atoms with Crippen LogP contribution in [-0.2, 0) is 22.5 Å². The molecule has 1 saturated heterocycles. The van der Waals surface area contributed by atoms with Gasteiger partial charge in [-0.05, 0) is 12.1 Å². The summed E-state index contributed by atoms with van der Waals surface area (Å²) in [6, 6.07) is 3.87. The summed E-state index contributed by atoms with van der Waals surface area (Å²) in [7, 11) is 0. The largest absolute Gasteiger partial charge is 0.481 e. The second kappa shape index (κ2) is 6.11. The first-order valence-corrected chi connectivity index (χ1v) is 6.41. The topological polar surface area (TPSA) is 61.8 Å². The number of rotatable bonds is 5. The van der Waals surface area contributed by atoms with E-state index in [0.717, 1.165) is 42.6 Å². The molecule has 1 aromatic heterocycles. The van der Waals surface area contributed by atoms with E-state index in [1.54, 1.807) is 11.3 Å². The van der Waals surface area contributed by atoms with E-state index >= 15 is 0 Å². The number of carbonyl (C=O) groups is 1. The number of ether oxygens (including phenoxy) is 1. The lowest BCUT2D eigenvalue weighted by molar-refractivity contribution is -0.136. The number of carboxylic acids is 1. The van der Waals surface area contributed by atoms with Crippen molar-refractivity contribution < 1.29 is 14.6 Å². The lowest BCUT2D eigenvalue weighted by Crippen LogP contribution is -2.45. The number of hydrogen-bond donors (Lipinski definition) is 2. The Labute approximate surface area is 104 Å². The molecule has 2 heterocycles. The number of nitrogens with zero attached hydrogens (tertiary/aromatic N) is 1. The molecule has 0 saturated carbocycles. The minimum atomic E-state index is -0.778. The minimum Gasteiger partial charge on any atom is -0.481 e. The Bertz CT molecular complexity index is 375. The van der Waals surface area contributed by atoms with Crippen LogP contribution in [0.1, 0.15) is 9.75 Å². The number of hydrogen-bond acceptors (Lipinski definition) is 5. The molecule has 0 spiro atoms. The van der Waals surface area contributed by atoms with Crippen LogP contribution in [0.15, 0.2) is 12.1 Å². The Kier molecular flexibility index (Phi) is 4.49. The van der Waals surface area contributed by atoms with E-state index in [2.05, 4.69) is 10.4 Å². The van der Waals surface area contributed by atoms with Gasteiger partial charge in [-0.25, -0.2) is 10.4 Å². The predicted octanol–water partition coefficient (Wildman–Crippen LogP) is 0.712. The van der Waals surface area contributed by atoms with Crippen molar-refractivity contribution in [3.05, 3.63) is 21.9 Å². The molecular weight excluding hydrogens is 240 g/mol. The average Bonchev–Trinajstić information content (AvgIpc) is 2.75. The molecule has 2 N–H and O–H groups in total. The minimum absolute atomic E-state index is 0.113. The summed E-state index contributed by atoms with van der Waals surface area (Å²) in [4.78, 5) is 12.6. The number of carboxylic acid groups (broad SMARTS) is 1. The van der Waals surface area contributed by atoms with E-state index in [0.29, 0.717) is 0 Å². The maximum atomic E-state index is 10.6. The molecular formula is C11H16N2O3S. The van der Waals surface area contributed by atoms with Crippen molar-refractivity contribution in [2.75, 3.05) is 26.3 Å². The molecule has 17 heavy (non-hydrogen) atoms. The van der Waals surface area contributed by atoms with Crippen molar-refractivity contribution in [1.82, 2.24) is 10.4 Å². The lowest BCUT2D eigenvalue weighted by Gasteiger charge is -2.26. The summed E-state index contributed by atoms with van der Waals surface area (Å²) in [5, 5.41) is 10.8. The first kappa shape index (κ1) is 12.5. The Morgan fingerprint density at radius 3 is 2.82 bits per heavy atom. The van der Waals surface area contributed by atoms with E-state index in [9.17, 15) is 4.79 Å². The SMILES string of the molecule is O=C(O)Cc1ccc(CNN2CCOCC2)s1. The highest BCUT2D eigenvalue weighted by atomic mass is 32.1. The van der Waals surface area contributed by atoms with Gasteiger partial charge in [0, 0.05) is 29.4 Å². The summed E-state index contributed by atoms with van der Waals surface area (Å²) in [6.07, 6.45) is 0.113. The van der Waals surface area contributed by atoms with Crippen LogP contribution in [0.4, 0.5) is 0 Å². The van der Waals surface area contributed by atoms with Gasteiger partial charge in [0.25, 0.3) is 0 Å². The zero-order valence-electron chi connectivity index (χ0n) is 9.52. The Morgan fingerprint density at radius 2 is 2.12 bits per heavy atom. The van der Waals surface area contributed by atoms with Gasteiger partial charge >= 0.3 is 5.97 Å². The summed E-state index contributed by atoms with van der Waals surface area (Å²) < 4.78 is 5.26. The molecule has 0 bridgehead atoms. The summed E-state index contributed by atoms with van der Waals surface area (Å²) >= 11 is 1.55. The molecule has 0 unspecified atom stereocenters. The van der Waals surface area contributed by atoms with Crippen LogP contribution in [0.25, 0.3) is 0 Å². The number of aliphatic carboxylic acids is 1. The van der Waals surface area contributed by atoms with Crippen LogP contribution in [0, 0.1) is 0 Å². The Balaban J connectivity index is 1.78. The molecule has 6 heteroatoms. The van der Waals surface area contributed by atoms with Gasteiger partial charge < -0.3 is 9.84 Å². The molecule has 1 aromatic rings. The van der Waals surface area contributed by atoms with Crippen LogP contribution in [0.2, 0.25) is 0 Å². The third kappa shape index (κ3) is 4.08. The van der Waals surface area contributed by atoms with Crippen LogP contribution in [0.3, 0.4) is 0 Å². The average molecular weight is 256 g/mol. The molecule has 0 radical (unpaired) electrons. The second-order valence-corrected chi connectivity index (χ2v) is 5.13. The molecule has 0 aromatic carbocycles. The zero-order valence-corrected chi connectivity index (χ0v) is 10.3. The molecule has 1 fully saturated rings. The molecule has 1 aliphatic heterocycles. The van der Waals surface area contributed by atoms with E-state index in [1.807, 2.05) is 12.1 Å². The zero-order chi connectivity index (χ0) is 12.1. The molecule has 5 nitrogen and oxygen atoms in total. The molecule has 94 valence electrons. The van der Waals surface area contributed by atoms with Crippen molar-refractivity contribution in [2.45, 2.75) is 13.0 Å². The summed E-state index contributed by atoms with van der Waals surface area (Å²) in [5.41, 5.74) is 3.32. The first-order valence-electron chi connectivity index (χ1n) is 5.59. The summed E-state index contributed by atoms with van der Waals surface area (Å²) in [5.74, 6) is -0.778. The van der Waals surface area contributed by atoms with Gasteiger partial charge in [0.2, 0.25) is 0 Å². The van der Waals surface area contributed by atoms with Crippen molar-refractivity contribution in [3.63, 3.8) is 0 Å². The van der Waals surface area contributed by atoms with Gasteiger partial charge in [-0.1, -0.05) is 0 Å². The molecule has 1 aliphatic rings. The van der Waals surface area contributed by atoms with Crippen LogP contribution >= 0.6 is 11.3 Å². The van der Waals surface area contributed by atoms with Crippen LogP contribution in [-0.4, -0.2) is 42.4 Å². The maximum Gasteiger partial charge on any atom is 0.308 e. The van der Waals surface area contributed by atoms with Crippen molar-refractivity contribution in [2.24, 2.45) is 0 Å². The monoisotopic (exact) mass is 256 g/mol. The standard InChI is InChI=1S/C11H16N2O3S/c14-11(15)7-9-1-2-10(17-9)8-12-13-3-5-16-6-4-13/h1-2,12H,3-8H2,(H,14,15). The fraction of sp³-hybridized carbons (Fsp3) is 0.545. The smallest absolute Gasteiger partial charge is 0.308 e. The number of nitrogens with one attached hydrogen (secondary N) is 1. The van der Waals surface area contributed by atoms with Gasteiger partial charge in [0.05, 0.1) is 19.6 Å². The van der Waals surface area contributed by atoms with Crippen molar-refractivity contribution in [3.8, 4) is 0 Å². The van der Waals surface area contributed by atoms with Crippen LogP contribution < -0.4 is 5.43 Å². The Hall–Kier alpha value is -0.950. The highest BCUT2D eigenvalue weighted by Gasteiger charge is 2.10. The van der Waals surface area contributed by atoms with Crippen molar-refractivity contribution >= 4 is 17.3 Å². The molecule has 0 aliphatic carbocycles. The van der Waals surface area contributed by atoms with E-state index in [4.69, 9.17) is 9.84 Å². The summed E-state index contributed by atoms with van der Waals surface area (Å²) in [6.45, 7) is 4.08. The Morgan fingerprint density at radius 1 is 1.41 bits per heavy atom. The number of morpholine rings is 1. The van der Waals surface area contributed by atoms with Gasteiger partial charge in [0.15, 0.2) is 0 Å². The van der Waals surface area contributed by atoms with E-state index < -0.39 is 5.97 Å².